The molecule has 2 aromatic rings. The van der Waals surface area contributed by atoms with Crippen LogP contribution in [0.25, 0.3) is 10.9 Å². The first kappa shape index (κ1) is 11.6. The molecule has 3 rings (SSSR count). The highest BCUT2D eigenvalue weighted by atomic mass is 79.9. The highest BCUT2D eigenvalue weighted by molar-refractivity contribution is 9.10. The molecule has 0 atom stereocenters. The smallest absolute Gasteiger partial charge is 0.221 e. The van der Waals surface area contributed by atoms with Crippen molar-refractivity contribution in [1.82, 2.24) is 9.97 Å². The Balaban J connectivity index is 2.08. The van der Waals surface area contributed by atoms with Crippen LogP contribution in [0.2, 0.25) is 0 Å². The molecule has 1 aliphatic rings. The van der Waals surface area contributed by atoms with Gasteiger partial charge in [-0.15, -0.1) is 0 Å². The van der Waals surface area contributed by atoms with Crippen LogP contribution in [0.3, 0.4) is 0 Å². The number of hydrogen-bond donors (Lipinski definition) is 1. The van der Waals surface area contributed by atoms with Gasteiger partial charge in [-0.2, -0.15) is 0 Å². The molecule has 1 saturated carbocycles. The van der Waals surface area contributed by atoms with Gasteiger partial charge in [0.05, 0.1) is 5.52 Å². The maximum absolute atomic E-state index is 11.0. The highest BCUT2D eigenvalue weighted by Crippen LogP contribution is 2.39. The monoisotopic (exact) mass is 305 g/mol. The number of hydrogen-bond acceptors (Lipinski definition) is 3. The number of nitrogens with one attached hydrogen (secondary N) is 1. The predicted molar refractivity (Wildman–Crippen MR) is 73.5 cm³/mol. The van der Waals surface area contributed by atoms with E-state index < -0.39 is 0 Å². The minimum atomic E-state index is -0.0824. The molecule has 1 amide bonds. The summed E-state index contributed by atoms with van der Waals surface area (Å²) in [6, 6.07) is 5.66. The zero-order chi connectivity index (χ0) is 12.7. The molecule has 1 aliphatic carbocycles. The first-order valence-electron chi connectivity index (χ1n) is 5.88. The Morgan fingerprint density at radius 1 is 1.39 bits per heavy atom. The Hall–Kier alpha value is -1.49. The van der Waals surface area contributed by atoms with E-state index in [0.29, 0.717) is 5.92 Å². The third kappa shape index (κ3) is 2.22. The third-order valence-corrected chi connectivity index (χ3v) is 3.53. The summed E-state index contributed by atoms with van der Waals surface area (Å²) in [7, 11) is 0. The second kappa shape index (κ2) is 4.31. The molecule has 18 heavy (non-hydrogen) atoms. The molecular weight excluding hydrogens is 294 g/mol. The molecule has 0 saturated heterocycles. The fourth-order valence-corrected chi connectivity index (χ4v) is 2.41. The maximum Gasteiger partial charge on any atom is 0.221 e. The number of fused-ring (bicyclic) bond motifs is 1. The minimum absolute atomic E-state index is 0.0824. The van der Waals surface area contributed by atoms with Crippen LogP contribution in [0.5, 0.6) is 0 Å². The molecule has 1 N–H and O–H groups in total. The van der Waals surface area contributed by atoms with Crippen molar-refractivity contribution >= 4 is 38.4 Å². The summed E-state index contributed by atoms with van der Waals surface area (Å²) in [5, 5.41) is 3.68. The molecule has 92 valence electrons. The Labute approximate surface area is 113 Å². The number of benzene rings is 1. The van der Waals surface area contributed by atoms with Gasteiger partial charge in [-0.1, -0.05) is 0 Å². The number of halogens is 1. The molecule has 1 heterocycles. The van der Waals surface area contributed by atoms with Crippen molar-refractivity contribution in [1.29, 1.82) is 0 Å². The van der Waals surface area contributed by atoms with E-state index in [4.69, 9.17) is 0 Å². The SMILES string of the molecule is CC(=O)Nc1ccc2nc(C3CC3)nc(Br)c2c1. The van der Waals surface area contributed by atoms with Gasteiger partial charge in [-0.3, -0.25) is 4.79 Å². The molecule has 0 aliphatic heterocycles. The van der Waals surface area contributed by atoms with Crippen LogP contribution >= 0.6 is 15.9 Å². The van der Waals surface area contributed by atoms with Crippen LogP contribution < -0.4 is 5.32 Å². The van der Waals surface area contributed by atoms with E-state index >= 15 is 0 Å². The Morgan fingerprint density at radius 3 is 2.83 bits per heavy atom. The van der Waals surface area contributed by atoms with E-state index in [-0.39, 0.29) is 5.91 Å². The summed E-state index contributed by atoms with van der Waals surface area (Å²) >= 11 is 3.48. The van der Waals surface area contributed by atoms with E-state index in [1.165, 1.54) is 19.8 Å². The van der Waals surface area contributed by atoms with Crippen LogP contribution in [0, 0.1) is 0 Å². The number of aromatic nitrogens is 2. The normalized spacial score (nSPS) is 14.8. The fraction of sp³-hybridized carbons (Fsp3) is 0.308. The molecule has 1 aromatic heterocycles. The number of rotatable bonds is 2. The van der Waals surface area contributed by atoms with Gasteiger partial charge < -0.3 is 5.32 Å². The summed E-state index contributed by atoms with van der Waals surface area (Å²) in [6.07, 6.45) is 2.36. The summed E-state index contributed by atoms with van der Waals surface area (Å²) in [6.45, 7) is 1.49. The maximum atomic E-state index is 11.0. The largest absolute Gasteiger partial charge is 0.326 e. The quantitative estimate of drug-likeness (QED) is 0.867. The zero-order valence-corrected chi connectivity index (χ0v) is 11.5. The van der Waals surface area contributed by atoms with Crippen molar-refractivity contribution < 1.29 is 4.79 Å². The number of carbonyl (C=O) groups excluding carboxylic acids is 1. The molecule has 5 heteroatoms. The van der Waals surface area contributed by atoms with E-state index in [0.717, 1.165) is 27.0 Å². The van der Waals surface area contributed by atoms with Crippen LogP contribution in [0.1, 0.15) is 31.5 Å². The number of anilines is 1. The van der Waals surface area contributed by atoms with Gasteiger partial charge in [0, 0.05) is 23.9 Å². The van der Waals surface area contributed by atoms with Gasteiger partial charge in [-0.25, -0.2) is 9.97 Å². The lowest BCUT2D eigenvalue weighted by atomic mass is 10.2. The number of nitrogens with zero attached hydrogens (tertiary/aromatic N) is 2. The number of amides is 1. The van der Waals surface area contributed by atoms with Crippen molar-refractivity contribution in [2.45, 2.75) is 25.7 Å². The lowest BCUT2D eigenvalue weighted by Crippen LogP contribution is -2.05. The first-order chi connectivity index (χ1) is 8.63. The van der Waals surface area contributed by atoms with Crippen LogP contribution in [0.15, 0.2) is 22.8 Å². The Kier molecular flexibility index (Phi) is 2.78. The molecule has 1 aromatic carbocycles. The lowest BCUT2D eigenvalue weighted by Gasteiger charge is -2.06. The molecule has 4 nitrogen and oxygen atoms in total. The molecule has 0 spiro atoms. The summed E-state index contributed by atoms with van der Waals surface area (Å²) < 4.78 is 0.793. The minimum Gasteiger partial charge on any atom is -0.326 e. The van der Waals surface area contributed by atoms with Gasteiger partial charge in [0.25, 0.3) is 0 Å². The fourth-order valence-electron chi connectivity index (χ4n) is 1.91. The molecule has 0 radical (unpaired) electrons. The van der Waals surface area contributed by atoms with Gasteiger partial charge >= 0.3 is 0 Å². The topological polar surface area (TPSA) is 54.9 Å². The van der Waals surface area contributed by atoms with Crippen LogP contribution in [-0.4, -0.2) is 15.9 Å². The average Bonchev–Trinajstić information content (AvgIpc) is 3.12. The van der Waals surface area contributed by atoms with Gasteiger partial charge in [0.1, 0.15) is 10.4 Å². The Bertz CT molecular complexity index is 637. The standard InChI is InChI=1S/C13H12BrN3O/c1-7(18)15-9-4-5-11-10(6-9)12(14)17-13(16-11)8-2-3-8/h4-6,8H,2-3H2,1H3,(H,15,18). The first-order valence-corrected chi connectivity index (χ1v) is 6.67. The zero-order valence-electron chi connectivity index (χ0n) is 9.90. The van der Waals surface area contributed by atoms with Crippen molar-refractivity contribution in [2.24, 2.45) is 0 Å². The van der Waals surface area contributed by atoms with Gasteiger partial charge in [0.2, 0.25) is 5.91 Å². The third-order valence-electron chi connectivity index (χ3n) is 2.93. The highest BCUT2D eigenvalue weighted by Gasteiger charge is 2.27. The number of carbonyl (C=O) groups is 1. The van der Waals surface area contributed by atoms with E-state index in [1.54, 1.807) is 0 Å². The second-order valence-electron chi connectivity index (χ2n) is 4.56. The summed E-state index contributed by atoms with van der Waals surface area (Å²) in [5.74, 6) is 1.36. The Morgan fingerprint density at radius 2 is 2.17 bits per heavy atom. The van der Waals surface area contributed by atoms with Crippen molar-refractivity contribution in [3.05, 3.63) is 28.6 Å². The van der Waals surface area contributed by atoms with Gasteiger partial charge in [0.15, 0.2) is 0 Å². The summed E-state index contributed by atoms with van der Waals surface area (Å²) in [4.78, 5) is 20.1. The van der Waals surface area contributed by atoms with Gasteiger partial charge in [-0.05, 0) is 47.0 Å². The summed E-state index contributed by atoms with van der Waals surface area (Å²) in [5.41, 5.74) is 1.67. The van der Waals surface area contributed by atoms with Crippen LogP contribution in [0.4, 0.5) is 5.69 Å². The molecule has 1 fully saturated rings. The van der Waals surface area contributed by atoms with Crippen molar-refractivity contribution in [3.63, 3.8) is 0 Å². The predicted octanol–water partition coefficient (Wildman–Crippen LogP) is 3.23. The van der Waals surface area contributed by atoms with E-state index in [1.807, 2.05) is 18.2 Å². The second-order valence-corrected chi connectivity index (χ2v) is 5.31. The molecular formula is C13H12BrN3O. The average molecular weight is 306 g/mol. The van der Waals surface area contributed by atoms with E-state index in [2.05, 4.69) is 31.2 Å². The molecule has 0 unspecified atom stereocenters. The van der Waals surface area contributed by atoms with Crippen molar-refractivity contribution in [3.8, 4) is 0 Å². The lowest BCUT2D eigenvalue weighted by molar-refractivity contribution is -0.114. The van der Waals surface area contributed by atoms with E-state index in [9.17, 15) is 4.79 Å². The molecule has 0 bridgehead atoms. The van der Waals surface area contributed by atoms with Crippen LogP contribution in [-0.2, 0) is 4.79 Å². The van der Waals surface area contributed by atoms with Crippen molar-refractivity contribution in [2.75, 3.05) is 5.32 Å².